The molecule has 19 N–H and O–H groups in total. The SMILES string of the molecule is O=S(=O)(O)C(O[C@@H]1[C@@H](O)[C@H]2O[C@H]3[C@H](O)[C@@H](O)[C@@H](O[C@H]4[C@H](O)[C@@H](O)[C@@H](O[C@H]5[C@H](O)[C@@H](O)[C@@H](O[C@H]6[C@H](O)[C@@H](O)[C@@H](O[C@H]7[C@H](O)[C@@H](O)[C@@H](O[C@H]1[C@@H](CO)O2)O[C@@H]7CO)O[C@@H]6CO)O[C@@H]5CO)O[C@@H]4CO)O[C@@H]3CO)S(=O)(=O)O. The summed E-state index contributed by atoms with van der Waals surface area (Å²) in [6.45, 7) is -7.02. The lowest BCUT2D eigenvalue weighted by Gasteiger charge is -2.51. The Bertz CT molecular complexity index is 2020. The molecule has 0 aliphatic carbocycles. The molecule has 38 heteroatoms. The number of ether oxygens (including phenoxy) is 13. The van der Waals surface area contributed by atoms with Gasteiger partial charge < -0.3 is 148 Å². The van der Waals surface area contributed by atoms with E-state index in [2.05, 4.69) is 0 Å². The summed E-state index contributed by atoms with van der Waals surface area (Å²) >= 11 is 0. The monoisotopic (exact) mass is 1150 g/mol. The molecule has 30 atom stereocenters. The van der Waals surface area contributed by atoms with Gasteiger partial charge in [0, 0.05) is 0 Å². The Hall–Kier alpha value is -1.38. The van der Waals surface area contributed by atoms with Crippen molar-refractivity contribution >= 4 is 20.2 Å². The van der Waals surface area contributed by atoms with Gasteiger partial charge in [-0.2, -0.15) is 16.8 Å². The molecule has 75 heavy (non-hydrogen) atoms. The second-order valence-electron chi connectivity index (χ2n) is 18.3. The second kappa shape index (κ2) is 24.8. The van der Waals surface area contributed by atoms with Gasteiger partial charge in [-0.05, 0) is 0 Å². The van der Waals surface area contributed by atoms with Crippen LogP contribution in [0.5, 0.6) is 0 Å². The summed E-state index contributed by atoms with van der Waals surface area (Å²) in [6, 6.07) is 0. The van der Waals surface area contributed by atoms with E-state index in [9.17, 15) is 113 Å². The minimum atomic E-state index is -6.08. The number of hydrogen-bond donors (Lipinski definition) is 19. The maximum atomic E-state index is 12.3. The average Bonchev–Trinajstić information content (AvgIpc) is 3.36. The van der Waals surface area contributed by atoms with Gasteiger partial charge in [0.25, 0.3) is 0 Å². The van der Waals surface area contributed by atoms with Crippen molar-refractivity contribution in [2.75, 3.05) is 39.6 Å². The quantitative estimate of drug-likeness (QED) is 0.0903. The van der Waals surface area contributed by atoms with Crippen LogP contribution >= 0.6 is 0 Å². The van der Waals surface area contributed by atoms with E-state index in [1.54, 1.807) is 0 Å². The number of aliphatic hydroxyl groups is 17. The fourth-order valence-corrected chi connectivity index (χ4v) is 11.3. The average molecular weight is 1150 g/mol. The van der Waals surface area contributed by atoms with Crippen LogP contribution in [0.25, 0.3) is 0 Å². The van der Waals surface area contributed by atoms with E-state index < -0.39 is 249 Å². The molecule has 36 nitrogen and oxygen atoms in total. The van der Waals surface area contributed by atoms with E-state index in [-0.39, 0.29) is 0 Å². The maximum absolute atomic E-state index is 12.3. The molecule has 22 fully saturated rings. The largest absolute Gasteiger partial charge is 0.394 e. The van der Waals surface area contributed by atoms with Crippen LogP contribution in [0.3, 0.4) is 0 Å². The first-order chi connectivity index (χ1) is 35.2. The van der Waals surface area contributed by atoms with E-state index in [0.29, 0.717) is 0 Å². The minimum absolute atomic E-state index is 1.06. The van der Waals surface area contributed by atoms with Crippen LogP contribution in [-0.2, 0) is 81.8 Å². The van der Waals surface area contributed by atoms with Gasteiger partial charge in [0.15, 0.2) is 37.7 Å². The zero-order chi connectivity index (χ0) is 55.3. The zero-order valence-corrected chi connectivity index (χ0v) is 40.0. The first-order valence-electron chi connectivity index (χ1n) is 22.8. The van der Waals surface area contributed by atoms with Gasteiger partial charge in [-0.25, -0.2) is 0 Å². The van der Waals surface area contributed by atoms with Crippen molar-refractivity contribution in [2.45, 2.75) is 189 Å². The molecule has 0 aromatic rings. The fourth-order valence-electron chi connectivity index (χ4n) is 9.49. The fraction of sp³-hybridized carbons (Fsp3) is 1.00. The van der Waals surface area contributed by atoms with Gasteiger partial charge in [0.2, 0.25) is 0 Å². The molecular formula is C37H62O36S2. The lowest BCUT2D eigenvalue weighted by Crippen LogP contribution is -2.69. The summed E-state index contributed by atoms with van der Waals surface area (Å²) in [6.07, 6.45) is -65.4. The van der Waals surface area contributed by atoms with Crippen molar-refractivity contribution in [1.82, 2.24) is 0 Å². The van der Waals surface area contributed by atoms with Crippen molar-refractivity contribution in [3.05, 3.63) is 0 Å². The maximum Gasteiger partial charge on any atom is 0.311 e. The Labute approximate surface area is 422 Å². The highest BCUT2D eigenvalue weighted by Gasteiger charge is 2.60. The Morgan fingerprint density at radius 3 is 0.680 bits per heavy atom. The van der Waals surface area contributed by atoms with Crippen LogP contribution in [0, 0.1) is 0 Å². The molecule has 22 aliphatic heterocycles. The third-order valence-electron chi connectivity index (χ3n) is 13.4. The summed E-state index contributed by atoms with van der Waals surface area (Å²) in [7, 11) is -12.2. The van der Waals surface area contributed by atoms with Crippen molar-refractivity contribution in [1.29, 1.82) is 0 Å². The number of rotatable bonds is 10. The van der Waals surface area contributed by atoms with Gasteiger partial charge in [-0.15, -0.1) is 0 Å². The van der Waals surface area contributed by atoms with E-state index in [4.69, 9.17) is 61.6 Å². The molecular weight excluding hydrogens is 1080 g/mol. The van der Waals surface area contributed by atoms with Crippen molar-refractivity contribution in [3.63, 3.8) is 0 Å². The van der Waals surface area contributed by atoms with Gasteiger partial charge in [0.1, 0.15) is 146 Å². The number of aliphatic hydroxyl groups excluding tert-OH is 17. The normalized spacial score (nSPS) is 50.7. The molecule has 0 amide bonds. The van der Waals surface area contributed by atoms with Gasteiger partial charge in [0.05, 0.1) is 39.6 Å². The smallest absolute Gasteiger partial charge is 0.311 e. The van der Waals surface area contributed by atoms with Crippen molar-refractivity contribution in [3.8, 4) is 0 Å². The van der Waals surface area contributed by atoms with Crippen LogP contribution in [-0.4, -0.2) is 341 Å². The molecule has 22 rings (SSSR count). The van der Waals surface area contributed by atoms with Crippen molar-refractivity contribution in [2.24, 2.45) is 0 Å². The predicted octanol–water partition coefficient (Wildman–Crippen LogP) is -14.0. The molecule has 0 aromatic heterocycles. The van der Waals surface area contributed by atoms with E-state index >= 15 is 0 Å². The van der Waals surface area contributed by atoms with Crippen LogP contribution in [0.4, 0.5) is 0 Å². The van der Waals surface area contributed by atoms with Gasteiger partial charge in [-0.3, -0.25) is 9.11 Å². The Morgan fingerprint density at radius 2 is 0.480 bits per heavy atom. The molecule has 0 radical (unpaired) electrons. The highest BCUT2D eigenvalue weighted by Crippen LogP contribution is 2.39. The highest BCUT2D eigenvalue weighted by molar-refractivity contribution is 8.03. The molecule has 12 bridgehead atoms. The summed E-state index contributed by atoms with van der Waals surface area (Å²) < 4.78 is 138. The van der Waals surface area contributed by atoms with Crippen LogP contribution in [0.2, 0.25) is 0 Å². The van der Waals surface area contributed by atoms with E-state index in [1.807, 2.05) is 0 Å². The Morgan fingerprint density at radius 1 is 0.293 bits per heavy atom. The van der Waals surface area contributed by atoms with Gasteiger partial charge >= 0.3 is 25.0 Å². The molecule has 22 heterocycles. The van der Waals surface area contributed by atoms with Crippen LogP contribution in [0.1, 0.15) is 0 Å². The first kappa shape index (κ1) is 61.2. The highest BCUT2D eigenvalue weighted by atomic mass is 32.3. The standard InChI is InChI=1S/C37H62O36S2/c38-1-7-24-13(44)18(49)31(61-7)68-25-8(2-39)63-33(20(51)15(25)46)70-27-10(4-41)65-35(22(53)17(27)48)72-29-12(6-43)66-36(23(54)30(29)73-37(74(55,56)57)75(58,59)60)71-28-11(5-42)64-34(21(52)16(28)47)69-26-9(3-40)62-32(67-24)19(50)14(26)45/h7-54H,1-6H2,(H,55,56,57)(H,58,59,60)/t7-,8-,9-,10-,11-,12-,13-,14-,15-,16-,17-,18-,19-,20-,21-,22-,23-,24-,25-,26-,27-,28-,29+,30-,31-,32-,33-,34-,35-,36-/m1/s1. The minimum Gasteiger partial charge on any atom is -0.394 e. The Balaban J connectivity index is 1.26. The molecule has 0 spiro atoms. The second-order valence-corrected chi connectivity index (χ2v) is 21.5. The third kappa shape index (κ3) is 12.4. The summed E-state index contributed by atoms with van der Waals surface area (Å²) in [5, 5.41) is 187. The molecule has 438 valence electrons. The van der Waals surface area contributed by atoms with Gasteiger partial charge in [-0.1, -0.05) is 0 Å². The molecule has 22 aliphatic rings. The van der Waals surface area contributed by atoms with Crippen molar-refractivity contribution < 1.29 is 174 Å². The molecule has 0 saturated carbocycles. The molecule has 0 aromatic carbocycles. The zero-order valence-electron chi connectivity index (χ0n) is 38.4. The topological polar surface area (TPSA) is 573 Å². The number of hydrogen-bond acceptors (Lipinski definition) is 34. The predicted molar refractivity (Wildman–Crippen MR) is 222 cm³/mol. The Kier molecular flexibility index (Phi) is 20.2. The lowest BCUT2D eigenvalue weighted by molar-refractivity contribution is -0.404. The first-order valence-corrected chi connectivity index (χ1v) is 25.8. The molecule has 22 saturated heterocycles. The third-order valence-corrected chi connectivity index (χ3v) is 16.1. The van der Waals surface area contributed by atoms with Crippen LogP contribution < -0.4 is 0 Å². The van der Waals surface area contributed by atoms with E-state index in [0.717, 1.165) is 0 Å². The summed E-state index contributed by atoms with van der Waals surface area (Å²) in [5.74, 6) is 0. The summed E-state index contributed by atoms with van der Waals surface area (Å²) in [5.41, 5.74) is 0. The summed E-state index contributed by atoms with van der Waals surface area (Å²) in [4.78, 5) is 0. The molecule has 0 unspecified atom stereocenters. The van der Waals surface area contributed by atoms with E-state index in [1.165, 1.54) is 0 Å². The lowest BCUT2D eigenvalue weighted by atomic mass is 9.94. The van der Waals surface area contributed by atoms with Crippen LogP contribution in [0.15, 0.2) is 0 Å².